The Balaban J connectivity index is 2.05. The predicted octanol–water partition coefficient (Wildman–Crippen LogP) is 5.27. The van der Waals surface area contributed by atoms with Gasteiger partial charge >= 0.3 is 0 Å². The van der Waals surface area contributed by atoms with Crippen LogP contribution in [0.5, 0.6) is 0 Å². The second-order valence-corrected chi connectivity index (χ2v) is 7.44. The SMILES string of the molecule is CC(C)(C)c1cccc(C=NCC2CCCCC2)c1S. The first-order valence-corrected chi connectivity index (χ1v) is 8.25. The van der Waals surface area contributed by atoms with Crippen molar-refractivity contribution in [1.29, 1.82) is 0 Å². The number of benzene rings is 1. The monoisotopic (exact) mass is 289 g/mol. The zero-order valence-corrected chi connectivity index (χ0v) is 13.9. The van der Waals surface area contributed by atoms with Gasteiger partial charge in [-0.2, -0.15) is 0 Å². The Labute approximate surface area is 129 Å². The average molecular weight is 289 g/mol. The van der Waals surface area contributed by atoms with Crippen LogP contribution in [0.2, 0.25) is 0 Å². The van der Waals surface area contributed by atoms with E-state index in [1.165, 1.54) is 37.7 Å². The summed E-state index contributed by atoms with van der Waals surface area (Å²) >= 11 is 4.71. The van der Waals surface area contributed by atoms with E-state index in [4.69, 9.17) is 12.6 Å². The molecule has 1 aromatic rings. The zero-order valence-electron chi connectivity index (χ0n) is 13.0. The van der Waals surface area contributed by atoms with Gasteiger partial charge in [-0.05, 0) is 29.7 Å². The molecule has 1 aromatic carbocycles. The maximum Gasteiger partial charge on any atom is 0.0417 e. The first-order chi connectivity index (χ1) is 9.48. The number of hydrogen-bond acceptors (Lipinski definition) is 2. The Kier molecular flexibility index (Phi) is 5.31. The van der Waals surface area contributed by atoms with Crippen molar-refractivity contribution < 1.29 is 0 Å². The number of hydrogen-bond donors (Lipinski definition) is 1. The van der Waals surface area contributed by atoms with E-state index in [1.807, 2.05) is 6.21 Å². The van der Waals surface area contributed by atoms with Gasteiger partial charge in [-0.1, -0.05) is 58.2 Å². The van der Waals surface area contributed by atoms with E-state index in [2.05, 4.69) is 44.0 Å². The fourth-order valence-corrected chi connectivity index (χ4v) is 3.48. The van der Waals surface area contributed by atoms with E-state index in [0.717, 1.165) is 22.9 Å². The third-order valence-corrected chi connectivity index (χ3v) is 4.69. The van der Waals surface area contributed by atoms with Crippen molar-refractivity contribution in [1.82, 2.24) is 0 Å². The number of aliphatic imine (C=N–C) groups is 1. The van der Waals surface area contributed by atoms with Crippen molar-refractivity contribution in [2.75, 3.05) is 6.54 Å². The molecule has 0 bridgehead atoms. The maximum atomic E-state index is 4.71. The van der Waals surface area contributed by atoms with Crippen LogP contribution in [0.4, 0.5) is 0 Å². The zero-order chi connectivity index (χ0) is 14.6. The van der Waals surface area contributed by atoms with Crippen molar-refractivity contribution in [3.8, 4) is 0 Å². The van der Waals surface area contributed by atoms with Crippen molar-refractivity contribution >= 4 is 18.8 Å². The standard InChI is InChI=1S/C18H27NS/c1-18(2,3)16-11-7-10-15(17(16)20)13-19-12-14-8-5-4-6-9-14/h7,10-11,13-14,20H,4-6,8-9,12H2,1-3H3. The molecule has 2 heteroatoms. The predicted molar refractivity (Wildman–Crippen MR) is 91.4 cm³/mol. The molecule has 0 aliphatic heterocycles. The van der Waals surface area contributed by atoms with E-state index < -0.39 is 0 Å². The summed E-state index contributed by atoms with van der Waals surface area (Å²) < 4.78 is 0. The van der Waals surface area contributed by atoms with Crippen molar-refractivity contribution in [3.63, 3.8) is 0 Å². The van der Waals surface area contributed by atoms with E-state index in [9.17, 15) is 0 Å². The summed E-state index contributed by atoms with van der Waals surface area (Å²) in [5, 5.41) is 0. The van der Waals surface area contributed by atoms with Gasteiger partial charge in [0.05, 0.1) is 0 Å². The molecule has 1 aliphatic carbocycles. The van der Waals surface area contributed by atoms with Crippen LogP contribution in [0.25, 0.3) is 0 Å². The molecule has 1 aliphatic rings. The Morgan fingerprint density at radius 1 is 1.20 bits per heavy atom. The van der Waals surface area contributed by atoms with Gasteiger partial charge in [0, 0.05) is 23.2 Å². The molecule has 20 heavy (non-hydrogen) atoms. The maximum absolute atomic E-state index is 4.71. The minimum Gasteiger partial charge on any atom is -0.292 e. The molecule has 0 amide bonds. The first-order valence-electron chi connectivity index (χ1n) is 7.81. The highest BCUT2D eigenvalue weighted by Gasteiger charge is 2.17. The fourth-order valence-electron chi connectivity index (χ4n) is 2.94. The van der Waals surface area contributed by atoms with E-state index in [1.54, 1.807) is 0 Å². The van der Waals surface area contributed by atoms with Crippen molar-refractivity contribution in [2.24, 2.45) is 10.9 Å². The summed E-state index contributed by atoms with van der Waals surface area (Å²) in [4.78, 5) is 5.75. The average Bonchev–Trinajstić information content (AvgIpc) is 2.40. The second-order valence-electron chi connectivity index (χ2n) is 6.99. The molecule has 0 spiro atoms. The smallest absolute Gasteiger partial charge is 0.0417 e. The summed E-state index contributed by atoms with van der Waals surface area (Å²) in [7, 11) is 0. The lowest BCUT2D eigenvalue weighted by atomic mass is 9.86. The molecule has 0 unspecified atom stereocenters. The molecule has 110 valence electrons. The van der Waals surface area contributed by atoms with Gasteiger partial charge in [0.25, 0.3) is 0 Å². The van der Waals surface area contributed by atoms with Gasteiger partial charge in [0.2, 0.25) is 0 Å². The van der Waals surface area contributed by atoms with Gasteiger partial charge in [-0.25, -0.2) is 0 Å². The lowest BCUT2D eigenvalue weighted by molar-refractivity contribution is 0.367. The number of thiol groups is 1. The molecule has 0 saturated heterocycles. The third kappa shape index (κ3) is 4.12. The van der Waals surface area contributed by atoms with Crippen LogP contribution < -0.4 is 0 Å². The first kappa shape index (κ1) is 15.6. The molecule has 0 radical (unpaired) electrons. The summed E-state index contributed by atoms with van der Waals surface area (Å²) in [5.74, 6) is 0.800. The van der Waals surface area contributed by atoms with Gasteiger partial charge in [0.1, 0.15) is 0 Å². The number of rotatable bonds is 3. The molecular weight excluding hydrogens is 262 g/mol. The van der Waals surface area contributed by atoms with Crippen molar-refractivity contribution in [2.45, 2.75) is 63.2 Å². The van der Waals surface area contributed by atoms with Crippen LogP contribution in [-0.2, 0) is 5.41 Å². The van der Waals surface area contributed by atoms with Crippen LogP contribution in [-0.4, -0.2) is 12.8 Å². The summed E-state index contributed by atoms with van der Waals surface area (Å²) in [5.41, 5.74) is 2.57. The minimum absolute atomic E-state index is 0.129. The van der Waals surface area contributed by atoms with Crippen LogP contribution in [0.15, 0.2) is 28.1 Å². The molecule has 0 atom stereocenters. The molecule has 1 fully saturated rings. The lowest BCUT2D eigenvalue weighted by Crippen LogP contribution is -2.13. The highest BCUT2D eigenvalue weighted by molar-refractivity contribution is 7.80. The highest BCUT2D eigenvalue weighted by Crippen LogP contribution is 2.30. The van der Waals surface area contributed by atoms with Crippen LogP contribution >= 0.6 is 12.6 Å². The van der Waals surface area contributed by atoms with Gasteiger partial charge in [-0.15, -0.1) is 12.6 Å². The summed E-state index contributed by atoms with van der Waals surface area (Å²) in [6.45, 7) is 7.66. The van der Waals surface area contributed by atoms with Gasteiger partial charge in [-0.3, -0.25) is 4.99 Å². The molecule has 1 nitrogen and oxygen atoms in total. The lowest BCUT2D eigenvalue weighted by Gasteiger charge is -2.22. The van der Waals surface area contributed by atoms with Gasteiger partial charge < -0.3 is 0 Å². The van der Waals surface area contributed by atoms with Crippen LogP contribution in [0, 0.1) is 5.92 Å². The largest absolute Gasteiger partial charge is 0.292 e. The minimum atomic E-state index is 0.129. The topological polar surface area (TPSA) is 12.4 Å². The Bertz CT molecular complexity index is 465. The highest BCUT2D eigenvalue weighted by atomic mass is 32.1. The molecule has 2 rings (SSSR count). The number of nitrogens with zero attached hydrogens (tertiary/aromatic N) is 1. The summed E-state index contributed by atoms with van der Waals surface area (Å²) in [6, 6.07) is 6.39. The van der Waals surface area contributed by atoms with Crippen LogP contribution in [0.3, 0.4) is 0 Å². The fraction of sp³-hybridized carbons (Fsp3) is 0.611. The summed E-state index contributed by atoms with van der Waals surface area (Å²) in [6.07, 6.45) is 8.91. The molecule has 0 N–H and O–H groups in total. The van der Waals surface area contributed by atoms with E-state index in [-0.39, 0.29) is 5.41 Å². The van der Waals surface area contributed by atoms with Gasteiger partial charge in [0.15, 0.2) is 0 Å². The Morgan fingerprint density at radius 3 is 2.55 bits per heavy atom. The normalized spacial score (nSPS) is 17.8. The molecular formula is C18H27NS. The molecule has 0 heterocycles. The molecule has 0 aromatic heterocycles. The second kappa shape index (κ2) is 6.80. The molecule has 1 saturated carbocycles. The Hall–Kier alpha value is -0.760. The van der Waals surface area contributed by atoms with E-state index >= 15 is 0 Å². The third-order valence-electron chi connectivity index (χ3n) is 4.19. The van der Waals surface area contributed by atoms with E-state index in [0.29, 0.717) is 0 Å². The Morgan fingerprint density at radius 2 is 1.90 bits per heavy atom. The van der Waals surface area contributed by atoms with Crippen LogP contribution in [0.1, 0.15) is 64.0 Å². The van der Waals surface area contributed by atoms with Crippen molar-refractivity contribution in [3.05, 3.63) is 29.3 Å². The quantitative estimate of drug-likeness (QED) is 0.575.